The Morgan fingerprint density at radius 3 is 2.63 bits per heavy atom. The summed E-state index contributed by atoms with van der Waals surface area (Å²) in [4.78, 5) is 18.2. The highest BCUT2D eigenvalue weighted by Crippen LogP contribution is 2.32. The van der Waals surface area contributed by atoms with Crippen LogP contribution in [0, 0.1) is 21.0 Å². The van der Waals surface area contributed by atoms with Crippen molar-refractivity contribution in [2.45, 2.75) is 12.1 Å². The molecular weight excluding hydrogens is 512 g/mol. The maximum Gasteiger partial charge on any atom is 0.256 e. The molecule has 0 spiro atoms. The minimum Gasteiger partial charge on any atom is -0.437 e. The lowest BCUT2D eigenvalue weighted by Gasteiger charge is -2.42. The number of halogens is 4. The number of likely N-dealkylation sites (tertiary alicyclic amines) is 1. The van der Waals surface area contributed by atoms with Crippen molar-refractivity contribution in [2.24, 2.45) is 0 Å². The summed E-state index contributed by atoms with van der Waals surface area (Å²) in [5, 5.41) is 11.0. The summed E-state index contributed by atoms with van der Waals surface area (Å²) in [6.07, 6.45) is 4.93. The number of amides is 1. The van der Waals surface area contributed by atoms with Gasteiger partial charge in [0.1, 0.15) is 12.4 Å². The molecule has 0 atom stereocenters. The first-order valence-electron chi connectivity index (χ1n) is 8.96. The van der Waals surface area contributed by atoms with Crippen LogP contribution in [0.2, 0.25) is 0 Å². The topological polar surface area (TPSA) is 73.1 Å². The molecule has 0 aliphatic carbocycles. The number of aromatic nitrogens is 2. The van der Waals surface area contributed by atoms with Gasteiger partial charge in [-0.1, -0.05) is 0 Å². The second-order valence-corrected chi connectivity index (χ2v) is 8.46. The molecule has 3 N–H and O–H groups in total. The van der Waals surface area contributed by atoms with Crippen molar-refractivity contribution in [2.75, 3.05) is 18.4 Å². The van der Waals surface area contributed by atoms with Gasteiger partial charge in [0.2, 0.25) is 5.60 Å². The molecule has 0 unspecified atom stereocenters. The van der Waals surface area contributed by atoms with Crippen LogP contribution in [0.15, 0.2) is 49.1 Å². The third kappa shape index (κ3) is 4.01. The minimum atomic E-state index is -1.27. The number of benzene rings is 2. The highest BCUT2D eigenvalue weighted by Gasteiger charge is 2.49. The second-order valence-electron chi connectivity index (χ2n) is 7.21. The molecule has 30 heavy (non-hydrogen) atoms. The van der Waals surface area contributed by atoms with Crippen molar-refractivity contribution in [1.82, 2.24) is 14.5 Å². The van der Waals surface area contributed by atoms with Crippen molar-refractivity contribution in [3.63, 3.8) is 0 Å². The molecule has 6 nitrogen and oxygen atoms in total. The number of nitrogens with zero attached hydrogens (tertiary/aromatic N) is 3. The van der Waals surface area contributed by atoms with E-state index in [1.165, 1.54) is 17.0 Å². The highest BCUT2D eigenvalue weighted by molar-refractivity contribution is 14.1. The van der Waals surface area contributed by atoms with Crippen LogP contribution in [0.1, 0.15) is 10.4 Å². The average molecular weight is 529 g/mol. The summed E-state index contributed by atoms with van der Waals surface area (Å²) in [6, 6.07) is 6.25. The van der Waals surface area contributed by atoms with E-state index < -0.39 is 34.6 Å². The number of anilines is 2. The van der Waals surface area contributed by atoms with Crippen LogP contribution in [0.4, 0.5) is 24.5 Å². The molecule has 1 aliphatic heterocycles. The predicted octanol–water partition coefficient (Wildman–Crippen LogP) is 3.27. The van der Waals surface area contributed by atoms with E-state index in [-0.39, 0.29) is 24.3 Å². The van der Waals surface area contributed by atoms with Crippen LogP contribution in [0.25, 0.3) is 0 Å². The molecule has 0 saturated carbocycles. The zero-order valence-electron chi connectivity index (χ0n) is 15.5. The van der Waals surface area contributed by atoms with Crippen molar-refractivity contribution < 1.29 is 23.1 Å². The summed E-state index contributed by atoms with van der Waals surface area (Å²) >= 11 is 1.93. The van der Waals surface area contributed by atoms with Crippen molar-refractivity contribution in [1.29, 1.82) is 0 Å². The fourth-order valence-corrected chi connectivity index (χ4v) is 3.86. The predicted molar refractivity (Wildman–Crippen MR) is 113 cm³/mol. The largest absolute Gasteiger partial charge is 0.437 e. The van der Waals surface area contributed by atoms with Gasteiger partial charge in [-0.25, -0.2) is 18.2 Å². The Labute approximate surface area is 183 Å². The summed E-state index contributed by atoms with van der Waals surface area (Å²) in [6.45, 7) is 0.605. The van der Waals surface area contributed by atoms with Gasteiger partial charge in [-0.3, -0.25) is 4.79 Å². The van der Waals surface area contributed by atoms with E-state index in [1.54, 1.807) is 29.4 Å². The van der Waals surface area contributed by atoms with E-state index in [9.17, 15) is 18.0 Å². The number of carbonyl (C=O) groups excluding carboxylic acids is 1. The Hall–Kier alpha value is -2.60. The van der Waals surface area contributed by atoms with Crippen molar-refractivity contribution >= 4 is 39.9 Å². The number of nitrogens with one attached hydrogen (secondary N) is 1. The van der Waals surface area contributed by atoms with Gasteiger partial charge in [-0.15, -0.1) is 0 Å². The minimum absolute atomic E-state index is 0.0764. The van der Waals surface area contributed by atoms with Crippen LogP contribution in [-0.4, -0.2) is 44.2 Å². The van der Waals surface area contributed by atoms with E-state index >= 15 is 0 Å². The Morgan fingerprint density at radius 1 is 1.20 bits per heavy atom. The number of rotatable bonds is 5. The van der Waals surface area contributed by atoms with E-state index in [2.05, 4.69) is 10.3 Å². The van der Waals surface area contributed by atoms with Crippen LogP contribution in [-0.2, 0) is 6.54 Å². The molecule has 0 bridgehead atoms. The van der Waals surface area contributed by atoms with E-state index in [4.69, 9.17) is 5.11 Å². The lowest BCUT2D eigenvalue weighted by Crippen LogP contribution is -2.65. The summed E-state index contributed by atoms with van der Waals surface area (Å²) < 4.78 is 45.0. The molecule has 1 aliphatic rings. The van der Waals surface area contributed by atoms with Gasteiger partial charge >= 0.3 is 0 Å². The van der Waals surface area contributed by atoms with E-state index in [1.807, 2.05) is 22.6 Å². The van der Waals surface area contributed by atoms with Gasteiger partial charge in [0.25, 0.3) is 5.91 Å². The first-order chi connectivity index (χ1) is 14.3. The van der Waals surface area contributed by atoms with Crippen molar-refractivity contribution in [3.8, 4) is 0 Å². The Kier molecular flexibility index (Phi) is 5.45. The summed E-state index contributed by atoms with van der Waals surface area (Å²) in [5.74, 6) is -3.64. The third-order valence-electron chi connectivity index (χ3n) is 4.83. The molecule has 0 radical (unpaired) electrons. The molecule has 3 aromatic rings. The van der Waals surface area contributed by atoms with Gasteiger partial charge in [-0.2, -0.15) is 0 Å². The Morgan fingerprint density at radius 2 is 1.97 bits per heavy atom. The number of hydrogen-bond donors (Lipinski definition) is 1. The molecule has 2 heterocycles. The molecule has 1 fully saturated rings. The first kappa shape index (κ1) is 20.7. The molecule has 156 valence electrons. The normalized spacial score (nSPS) is 15.0. The zero-order valence-corrected chi connectivity index (χ0v) is 17.7. The molecule has 1 aromatic heterocycles. The lowest BCUT2D eigenvalue weighted by molar-refractivity contribution is -0.0910. The zero-order chi connectivity index (χ0) is 21.5. The summed E-state index contributed by atoms with van der Waals surface area (Å²) in [5.41, 5.74) is -1.54. The molecule has 4 rings (SSSR count). The fraction of sp³-hybridized carbons (Fsp3) is 0.200. The summed E-state index contributed by atoms with van der Waals surface area (Å²) in [7, 11) is 0. The smallest absolute Gasteiger partial charge is 0.256 e. The standard InChI is InChI=1S/C20H16F3IN4O2/c21-14-3-2-13(18(17(14)23)26-16-4-1-12(24)7-15(16)22)19(29)28-9-20(30,10-28)8-27-6-5-25-11-27/h1-7,11,26,30H,8-10H2/p+1. The third-order valence-corrected chi connectivity index (χ3v) is 5.51. The molecular formula is C20H17F3IN4O2+. The molecule has 1 saturated heterocycles. The molecule has 10 heteroatoms. The number of hydrogen-bond acceptors (Lipinski definition) is 3. The number of imidazole rings is 1. The van der Waals surface area contributed by atoms with E-state index in [0.717, 1.165) is 12.1 Å². The molecule has 1 amide bonds. The fourth-order valence-electron chi connectivity index (χ4n) is 3.40. The van der Waals surface area contributed by atoms with Gasteiger partial charge in [-0.05, 0) is 52.9 Å². The second kappa shape index (κ2) is 7.91. The van der Waals surface area contributed by atoms with E-state index in [0.29, 0.717) is 10.1 Å². The van der Waals surface area contributed by atoms with Gasteiger partial charge < -0.3 is 19.9 Å². The van der Waals surface area contributed by atoms with Crippen LogP contribution in [0.5, 0.6) is 0 Å². The van der Waals surface area contributed by atoms with Gasteiger partial charge in [0, 0.05) is 16.0 Å². The Bertz CT molecular complexity index is 1100. The van der Waals surface area contributed by atoms with Crippen LogP contribution in [0.3, 0.4) is 0 Å². The maximum atomic E-state index is 14.5. The SMILES string of the molecule is O=C(c1ccc(F)c(F)c1Nc1ccc(I)cc1F)N1CC([OH2+])(Cn2ccnc2)C1. The van der Waals surface area contributed by atoms with Gasteiger partial charge in [0.05, 0.1) is 36.4 Å². The monoisotopic (exact) mass is 529 g/mol. The van der Waals surface area contributed by atoms with Crippen LogP contribution >= 0.6 is 22.6 Å². The lowest BCUT2D eigenvalue weighted by atomic mass is 9.92. The quantitative estimate of drug-likeness (QED) is 0.408. The van der Waals surface area contributed by atoms with Crippen molar-refractivity contribution in [3.05, 3.63) is 75.6 Å². The van der Waals surface area contributed by atoms with Gasteiger partial charge in [0.15, 0.2) is 11.6 Å². The average Bonchev–Trinajstić information content (AvgIpc) is 3.17. The molecule has 2 aromatic carbocycles. The van der Waals surface area contributed by atoms with Crippen LogP contribution < -0.4 is 5.32 Å². The maximum absolute atomic E-state index is 14.5. The highest BCUT2D eigenvalue weighted by atomic mass is 127. The Balaban J connectivity index is 1.57. The number of carbonyl (C=O) groups is 1. The first-order valence-corrected chi connectivity index (χ1v) is 10.0.